The summed E-state index contributed by atoms with van der Waals surface area (Å²) in [6.07, 6.45) is 4.66. The van der Waals surface area contributed by atoms with E-state index in [0.29, 0.717) is 0 Å². The first-order valence-corrected chi connectivity index (χ1v) is 8.77. The van der Waals surface area contributed by atoms with Gasteiger partial charge in [-0.2, -0.15) is 0 Å². The van der Waals surface area contributed by atoms with Gasteiger partial charge in [-0.1, -0.05) is 13.0 Å². The molecule has 21 heavy (non-hydrogen) atoms. The molecule has 3 nitrogen and oxygen atoms in total. The molecule has 112 valence electrons. The van der Waals surface area contributed by atoms with E-state index in [1.165, 1.54) is 34.7 Å². The third kappa shape index (κ3) is 3.33. The van der Waals surface area contributed by atoms with Gasteiger partial charge in [0.1, 0.15) is 0 Å². The molecule has 0 bridgehead atoms. The molecule has 2 heterocycles. The van der Waals surface area contributed by atoms with E-state index < -0.39 is 0 Å². The van der Waals surface area contributed by atoms with Crippen LogP contribution < -0.4 is 5.32 Å². The van der Waals surface area contributed by atoms with Crippen molar-refractivity contribution in [2.24, 2.45) is 5.92 Å². The highest BCUT2D eigenvalue weighted by Crippen LogP contribution is 2.29. The Bertz CT molecular complexity index is 592. The number of hydrogen-bond acceptors (Lipinski definition) is 4. The molecule has 1 aliphatic rings. The molecule has 1 unspecified atom stereocenters. The van der Waals surface area contributed by atoms with Crippen molar-refractivity contribution in [3.8, 4) is 10.7 Å². The maximum Gasteiger partial charge on any atom is 0.169 e. The van der Waals surface area contributed by atoms with Gasteiger partial charge in [0.05, 0.1) is 4.88 Å². The van der Waals surface area contributed by atoms with E-state index in [0.717, 1.165) is 37.7 Å². The first kappa shape index (κ1) is 14.7. The predicted octanol–water partition coefficient (Wildman–Crippen LogP) is 3.62. The summed E-state index contributed by atoms with van der Waals surface area (Å²) in [5.74, 6) is 1.64. The molecular weight excluding hydrogens is 278 g/mol. The summed E-state index contributed by atoms with van der Waals surface area (Å²) in [4.78, 5) is 10.7. The minimum atomic E-state index is 0.735. The molecule has 3 rings (SSSR count). The van der Waals surface area contributed by atoms with Crippen LogP contribution in [0.5, 0.6) is 0 Å². The number of fused-ring (bicyclic) bond motifs is 1. The molecule has 0 amide bonds. The Morgan fingerprint density at radius 3 is 3.05 bits per heavy atom. The average molecular weight is 301 g/mol. The number of nitrogens with one attached hydrogen (secondary N) is 1. The predicted molar refractivity (Wildman–Crippen MR) is 88.8 cm³/mol. The van der Waals surface area contributed by atoms with E-state index in [9.17, 15) is 0 Å². The number of thiophene rings is 1. The summed E-state index contributed by atoms with van der Waals surface area (Å²) in [6.45, 7) is 6.60. The third-order valence-corrected chi connectivity index (χ3v) is 5.05. The summed E-state index contributed by atoms with van der Waals surface area (Å²) in [6, 6.07) is 4.17. The van der Waals surface area contributed by atoms with Crippen LogP contribution in [0.2, 0.25) is 0 Å². The van der Waals surface area contributed by atoms with Gasteiger partial charge in [0.25, 0.3) is 0 Å². The molecule has 0 aliphatic heterocycles. The van der Waals surface area contributed by atoms with Crippen LogP contribution in [0.1, 0.15) is 36.7 Å². The molecule has 0 spiro atoms. The highest BCUT2D eigenvalue weighted by molar-refractivity contribution is 7.13. The molecular formula is C17H23N3S. The number of aryl methyl sites for hydroxylation is 2. The number of hydrogen-bond donors (Lipinski definition) is 1. The fourth-order valence-electron chi connectivity index (χ4n) is 3.03. The Morgan fingerprint density at radius 1 is 1.38 bits per heavy atom. The first-order chi connectivity index (χ1) is 10.3. The van der Waals surface area contributed by atoms with Crippen LogP contribution in [-0.4, -0.2) is 23.1 Å². The minimum Gasteiger partial charge on any atom is -0.316 e. The molecule has 0 saturated carbocycles. The second-order valence-electron chi connectivity index (χ2n) is 5.85. The molecule has 0 fully saturated rings. The summed E-state index contributed by atoms with van der Waals surface area (Å²) >= 11 is 1.71. The van der Waals surface area contributed by atoms with Crippen LogP contribution in [-0.2, 0) is 12.8 Å². The molecule has 0 aromatic carbocycles. The van der Waals surface area contributed by atoms with Crippen molar-refractivity contribution in [3.05, 3.63) is 34.5 Å². The summed E-state index contributed by atoms with van der Waals surface area (Å²) in [5.41, 5.74) is 3.84. The van der Waals surface area contributed by atoms with Gasteiger partial charge in [-0.15, -0.1) is 11.3 Å². The topological polar surface area (TPSA) is 37.8 Å². The highest BCUT2D eigenvalue weighted by atomic mass is 32.1. The van der Waals surface area contributed by atoms with Crippen LogP contribution >= 0.6 is 11.3 Å². The van der Waals surface area contributed by atoms with Crippen molar-refractivity contribution in [3.63, 3.8) is 0 Å². The standard InChI is InChI=1S/C17H23N3S/c1-3-8-18-11-13-6-7-15-14(10-13)12(2)19-17(20-15)16-5-4-9-21-16/h4-5,9,13,18H,3,6-8,10-11H2,1-2H3. The van der Waals surface area contributed by atoms with E-state index in [-0.39, 0.29) is 0 Å². The Morgan fingerprint density at radius 2 is 2.29 bits per heavy atom. The molecule has 1 atom stereocenters. The van der Waals surface area contributed by atoms with Crippen LogP contribution in [0.25, 0.3) is 10.7 Å². The lowest BCUT2D eigenvalue weighted by Crippen LogP contribution is -2.29. The quantitative estimate of drug-likeness (QED) is 0.857. The first-order valence-electron chi connectivity index (χ1n) is 7.89. The fraction of sp³-hybridized carbons (Fsp3) is 0.529. The molecule has 0 radical (unpaired) electrons. The highest BCUT2D eigenvalue weighted by Gasteiger charge is 2.22. The number of nitrogens with zero attached hydrogens (tertiary/aromatic N) is 2. The lowest BCUT2D eigenvalue weighted by molar-refractivity contribution is 0.419. The Balaban J connectivity index is 1.77. The fourth-order valence-corrected chi connectivity index (χ4v) is 3.69. The van der Waals surface area contributed by atoms with Gasteiger partial charge in [0.15, 0.2) is 5.82 Å². The summed E-state index contributed by atoms with van der Waals surface area (Å²) < 4.78 is 0. The van der Waals surface area contributed by atoms with Gasteiger partial charge in [-0.25, -0.2) is 9.97 Å². The smallest absolute Gasteiger partial charge is 0.169 e. The minimum absolute atomic E-state index is 0.735. The largest absolute Gasteiger partial charge is 0.316 e. The lowest BCUT2D eigenvalue weighted by atomic mass is 9.85. The second-order valence-corrected chi connectivity index (χ2v) is 6.80. The Kier molecular flexibility index (Phi) is 4.66. The SMILES string of the molecule is CCCNCC1CCc2nc(-c3cccs3)nc(C)c2C1. The van der Waals surface area contributed by atoms with Crippen molar-refractivity contribution in [2.75, 3.05) is 13.1 Å². The van der Waals surface area contributed by atoms with Crippen molar-refractivity contribution in [1.82, 2.24) is 15.3 Å². The van der Waals surface area contributed by atoms with Gasteiger partial charge in [-0.05, 0) is 68.6 Å². The second kappa shape index (κ2) is 6.67. The molecule has 0 saturated heterocycles. The van der Waals surface area contributed by atoms with Crippen LogP contribution in [0.3, 0.4) is 0 Å². The van der Waals surface area contributed by atoms with E-state index in [4.69, 9.17) is 9.97 Å². The zero-order valence-corrected chi connectivity index (χ0v) is 13.7. The van der Waals surface area contributed by atoms with Crippen molar-refractivity contribution < 1.29 is 0 Å². The van der Waals surface area contributed by atoms with Gasteiger partial charge in [0.2, 0.25) is 0 Å². The van der Waals surface area contributed by atoms with E-state index >= 15 is 0 Å². The lowest BCUT2D eigenvalue weighted by Gasteiger charge is -2.25. The van der Waals surface area contributed by atoms with Crippen LogP contribution in [0, 0.1) is 12.8 Å². The maximum atomic E-state index is 4.83. The Labute approximate surface area is 130 Å². The van der Waals surface area contributed by atoms with Crippen molar-refractivity contribution >= 4 is 11.3 Å². The summed E-state index contributed by atoms with van der Waals surface area (Å²) in [7, 11) is 0. The van der Waals surface area contributed by atoms with E-state index in [2.05, 4.69) is 36.7 Å². The monoisotopic (exact) mass is 301 g/mol. The van der Waals surface area contributed by atoms with Gasteiger partial charge in [-0.3, -0.25) is 0 Å². The zero-order chi connectivity index (χ0) is 14.7. The average Bonchev–Trinajstić information content (AvgIpc) is 3.02. The van der Waals surface area contributed by atoms with E-state index in [1.807, 2.05) is 0 Å². The normalized spacial score (nSPS) is 17.7. The van der Waals surface area contributed by atoms with Gasteiger partial charge in [0, 0.05) is 11.4 Å². The summed E-state index contributed by atoms with van der Waals surface area (Å²) in [5, 5.41) is 5.64. The Hall–Kier alpha value is -1.26. The molecule has 2 aromatic heterocycles. The van der Waals surface area contributed by atoms with Gasteiger partial charge >= 0.3 is 0 Å². The zero-order valence-electron chi connectivity index (χ0n) is 12.9. The molecule has 1 N–H and O–H groups in total. The maximum absolute atomic E-state index is 4.83. The third-order valence-electron chi connectivity index (χ3n) is 4.18. The number of rotatable bonds is 5. The van der Waals surface area contributed by atoms with Crippen molar-refractivity contribution in [1.29, 1.82) is 0 Å². The number of aromatic nitrogens is 2. The molecule has 4 heteroatoms. The molecule has 1 aliphatic carbocycles. The van der Waals surface area contributed by atoms with E-state index in [1.54, 1.807) is 11.3 Å². The van der Waals surface area contributed by atoms with Crippen LogP contribution in [0.15, 0.2) is 17.5 Å². The molecule has 2 aromatic rings. The van der Waals surface area contributed by atoms with Crippen molar-refractivity contribution in [2.45, 2.75) is 39.5 Å². The van der Waals surface area contributed by atoms with Crippen LogP contribution in [0.4, 0.5) is 0 Å². The van der Waals surface area contributed by atoms with Gasteiger partial charge < -0.3 is 5.32 Å².